The van der Waals surface area contributed by atoms with Crippen molar-refractivity contribution in [1.82, 2.24) is 5.32 Å². The van der Waals surface area contributed by atoms with E-state index in [1.807, 2.05) is 31.2 Å². The predicted molar refractivity (Wildman–Crippen MR) is 63.6 cm³/mol. The number of rotatable bonds is 5. The molecule has 17 heavy (non-hydrogen) atoms. The van der Waals surface area contributed by atoms with E-state index in [0.29, 0.717) is 0 Å². The number of nitrogens with one attached hydrogen (secondary N) is 1. The topological polar surface area (TPSA) is 87.1 Å². The molecule has 0 aromatic heterocycles. The van der Waals surface area contributed by atoms with Gasteiger partial charge in [0.15, 0.2) is 0 Å². The Morgan fingerprint density at radius 1 is 1.53 bits per heavy atom. The molecule has 0 saturated carbocycles. The Morgan fingerprint density at radius 3 is 2.71 bits per heavy atom. The fraction of sp³-hybridized carbons (Fsp3) is 0.364. The summed E-state index contributed by atoms with van der Waals surface area (Å²) >= 11 is 0. The van der Waals surface area contributed by atoms with Crippen molar-refractivity contribution in [2.45, 2.75) is 13.0 Å². The Bertz CT molecular complexity index is 424. The number of hydrogen-bond acceptors (Lipinski definition) is 3. The lowest BCUT2D eigenvalue weighted by atomic mass is 10.1. The molecule has 1 aromatic carbocycles. The molecule has 0 bridgehead atoms. The highest BCUT2D eigenvalue weighted by Crippen LogP contribution is 2.16. The summed E-state index contributed by atoms with van der Waals surface area (Å²) < 4.78 is 5.04. The Kier molecular flexibility index (Phi) is 4.84. The van der Waals surface area contributed by atoms with E-state index in [4.69, 9.17) is 10.3 Å². The van der Waals surface area contributed by atoms with Gasteiger partial charge in [-0.25, -0.2) is 0 Å². The number of methoxy groups -OCH3 is 1. The van der Waals surface area contributed by atoms with Crippen molar-refractivity contribution in [3.05, 3.63) is 40.3 Å². The smallest absolute Gasteiger partial charge is 0.226 e. The second kappa shape index (κ2) is 6.40. The van der Waals surface area contributed by atoms with Gasteiger partial charge in [-0.2, -0.15) is 0 Å². The first-order valence-electron chi connectivity index (χ1n) is 5.11. The highest BCUT2D eigenvalue weighted by Gasteiger charge is 2.08. The zero-order valence-electron chi connectivity index (χ0n) is 9.75. The number of azide groups is 1. The molecule has 6 nitrogen and oxygen atoms in total. The molecule has 1 N–H and O–H groups in total. The summed E-state index contributed by atoms with van der Waals surface area (Å²) in [5.74, 6) is 0.465. The molecule has 1 amide bonds. The van der Waals surface area contributed by atoms with Gasteiger partial charge in [-0.1, -0.05) is 17.2 Å². The van der Waals surface area contributed by atoms with Gasteiger partial charge < -0.3 is 10.1 Å². The van der Waals surface area contributed by atoms with Crippen LogP contribution in [0.15, 0.2) is 29.4 Å². The third-order valence-electron chi connectivity index (χ3n) is 2.27. The van der Waals surface area contributed by atoms with Crippen LogP contribution >= 0.6 is 0 Å². The molecular weight excluding hydrogens is 220 g/mol. The first kappa shape index (κ1) is 12.9. The fourth-order valence-electron chi connectivity index (χ4n) is 1.36. The van der Waals surface area contributed by atoms with Gasteiger partial charge in [0.25, 0.3) is 0 Å². The van der Waals surface area contributed by atoms with Crippen LogP contribution in [0.1, 0.15) is 18.5 Å². The van der Waals surface area contributed by atoms with Crippen molar-refractivity contribution in [2.75, 3.05) is 13.7 Å². The number of nitrogens with zero attached hydrogens (tertiary/aromatic N) is 3. The number of carbonyl (C=O) groups excluding carboxylic acids is 1. The molecule has 6 heteroatoms. The number of ether oxygens (including phenoxy) is 1. The molecule has 90 valence electrons. The van der Waals surface area contributed by atoms with E-state index in [9.17, 15) is 4.79 Å². The number of amides is 1. The lowest BCUT2D eigenvalue weighted by molar-refractivity contribution is -0.120. The minimum Gasteiger partial charge on any atom is -0.497 e. The average molecular weight is 234 g/mol. The molecule has 1 atom stereocenters. The van der Waals surface area contributed by atoms with Gasteiger partial charge in [0.1, 0.15) is 12.3 Å². The van der Waals surface area contributed by atoms with Crippen molar-refractivity contribution in [2.24, 2.45) is 5.11 Å². The quantitative estimate of drug-likeness (QED) is 0.481. The molecule has 0 saturated heterocycles. The largest absolute Gasteiger partial charge is 0.497 e. The summed E-state index contributed by atoms with van der Waals surface area (Å²) in [5, 5.41) is 5.92. The van der Waals surface area contributed by atoms with Gasteiger partial charge in [0.2, 0.25) is 5.91 Å². The van der Waals surface area contributed by atoms with Crippen LogP contribution in [0.25, 0.3) is 10.4 Å². The van der Waals surface area contributed by atoms with E-state index >= 15 is 0 Å². The van der Waals surface area contributed by atoms with Crippen LogP contribution in [0.5, 0.6) is 5.75 Å². The minimum atomic E-state index is -0.300. The monoisotopic (exact) mass is 234 g/mol. The molecule has 0 spiro atoms. The van der Waals surface area contributed by atoms with E-state index in [2.05, 4.69) is 15.3 Å². The van der Waals surface area contributed by atoms with Gasteiger partial charge in [-0.05, 0) is 30.2 Å². The van der Waals surface area contributed by atoms with E-state index in [1.54, 1.807) is 7.11 Å². The summed E-state index contributed by atoms with van der Waals surface area (Å²) in [5.41, 5.74) is 9.05. The Hall–Kier alpha value is -2.20. The van der Waals surface area contributed by atoms with Gasteiger partial charge in [0, 0.05) is 4.91 Å². The van der Waals surface area contributed by atoms with E-state index in [-0.39, 0.29) is 18.5 Å². The number of hydrogen-bond donors (Lipinski definition) is 1. The molecule has 0 aliphatic heterocycles. The summed E-state index contributed by atoms with van der Waals surface area (Å²) in [6.45, 7) is 1.67. The third kappa shape index (κ3) is 4.04. The number of carbonyl (C=O) groups is 1. The van der Waals surface area contributed by atoms with Crippen molar-refractivity contribution in [1.29, 1.82) is 0 Å². The van der Waals surface area contributed by atoms with Crippen LogP contribution in [0.3, 0.4) is 0 Å². The normalized spacial score (nSPS) is 11.2. The third-order valence-corrected chi connectivity index (χ3v) is 2.27. The maximum atomic E-state index is 11.3. The molecule has 1 aromatic rings. The van der Waals surface area contributed by atoms with Gasteiger partial charge >= 0.3 is 0 Å². The second-order valence-corrected chi connectivity index (χ2v) is 3.45. The summed E-state index contributed by atoms with van der Waals surface area (Å²) in [6.07, 6.45) is 0. The SMILES string of the molecule is COc1ccc([C@H](C)NC(=O)CN=[N+]=[N-])cc1. The highest BCUT2D eigenvalue weighted by molar-refractivity contribution is 5.78. The minimum absolute atomic E-state index is 0.137. The Balaban J connectivity index is 2.59. The van der Waals surface area contributed by atoms with Crippen molar-refractivity contribution in [3.63, 3.8) is 0 Å². The number of benzene rings is 1. The van der Waals surface area contributed by atoms with E-state index in [0.717, 1.165) is 11.3 Å². The fourth-order valence-corrected chi connectivity index (χ4v) is 1.36. The maximum Gasteiger partial charge on any atom is 0.226 e. The maximum absolute atomic E-state index is 11.3. The van der Waals surface area contributed by atoms with Gasteiger partial charge in [0.05, 0.1) is 13.2 Å². The van der Waals surface area contributed by atoms with E-state index < -0.39 is 0 Å². The van der Waals surface area contributed by atoms with Crippen LogP contribution in [-0.2, 0) is 4.79 Å². The molecular formula is C11H14N4O2. The Labute approximate surface area is 99.2 Å². The zero-order chi connectivity index (χ0) is 12.7. The van der Waals surface area contributed by atoms with Gasteiger partial charge in [-0.15, -0.1) is 0 Å². The zero-order valence-corrected chi connectivity index (χ0v) is 9.75. The van der Waals surface area contributed by atoms with Crippen molar-refractivity contribution >= 4 is 5.91 Å². The average Bonchev–Trinajstić information content (AvgIpc) is 2.36. The molecule has 0 fully saturated rings. The standard InChI is InChI=1S/C11H14N4O2/c1-8(14-11(16)7-13-15-12)9-3-5-10(17-2)6-4-9/h3-6,8H,7H2,1-2H3,(H,14,16)/t8-/m0/s1. The van der Waals surface area contributed by atoms with Crippen LogP contribution in [0.4, 0.5) is 0 Å². The summed E-state index contributed by atoms with van der Waals surface area (Å²) in [4.78, 5) is 13.8. The van der Waals surface area contributed by atoms with Crippen molar-refractivity contribution in [3.8, 4) is 5.75 Å². The summed E-state index contributed by atoms with van der Waals surface area (Å²) in [7, 11) is 1.60. The lowest BCUT2D eigenvalue weighted by Crippen LogP contribution is -2.28. The first-order valence-corrected chi connectivity index (χ1v) is 5.11. The molecule has 0 heterocycles. The first-order chi connectivity index (χ1) is 8.17. The van der Waals surface area contributed by atoms with Crippen LogP contribution in [0.2, 0.25) is 0 Å². The van der Waals surface area contributed by atoms with E-state index in [1.165, 1.54) is 0 Å². The molecule has 0 unspecified atom stereocenters. The Morgan fingerprint density at radius 2 is 2.18 bits per heavy atom. The molecule has 1 rings (SSSR count). The predicted octanol–water partition coefficient (Wildman–Crippen LogP) is 2.18. The lowest BCUT2D eigenvalue weighted by Gasteiger charge is -2.13. The van der Waals surface area contributed by atoms with Crippen LogP contribution in [0, 0.1) is 0 Å². The molecule has 0 radical (unpaired) electrons. The van der Waals surface area contributed by atoms with Crippen LogP contribution in [-0.4, -0.2) is 19.6 Å². The van der Waals surface area contributed by atoms with Crippen molar-refractivity contribution < 1.29 is 9.53 Å². The molecule has 0 aliphatic carbocycles. The second-order valence-electron chi connectivity index (χ2n) is 3.45. The highest BCUT2D eigenvalue weighted by atomic mass is 16.5. The summed E-state index contributed by atoms with van der Waals surface area (Å²) in [6, 6.07) is 7.26. The van der Waals surface area contributed by atoms with Crippen LogP contribution < -0.4 is 10.1 Å². The molecule has 0 aliphatic rings. The van der Waals surface area contributed by atoms with Gasteiger partial charge in [-0.3, -0.25) is 4.79 Å².